The highest BCUT2D eigenvalue weighted by atomic mass is 79.9. The van der Waals surface area contributed by atoms with E-state index in [4.69, 9.17) is 16.3 Å². The van der Waals surface area contributed by atoms with E-state index in [9.17, 15) is 14.0 Å². The number of amides is 1. The second-order valence-corrected chi connectivity index (χ2v) is 5.92. The molecular formula is C16H12BrClFNO3. The molecular weight excluding hydrogens is 389 g/mol. The Morgan fingerprint density at radius 2 is 1.96 bits per heavy atom. The molecule has 0 atom stereocenters. The standard InChI is InChI=1S/C16H12BrClFNO3/c17-11-5-6-14(13(19)8-11)20-15(21)9-23-16(22)7-10-3-1-2-4-12(10)18/h1-6,8H,7,9H2,(H,20,21). The third-order valence-corrected chi connectivity index (χ3v) is 3.72. The third kappa shape index (κ3) is 5.33. The van der Waals surface area contributed by atoms with Gasteiger partial charge in [-0.1, -0.05) is 45.7 Å². The van der Waals surface area contributed by atoms with Gasteiger partial charge in [0.25, 0.3) is 5.91 Å². The molecule has 23 heavy (non-hydrogen) atoms. The topological polar surface area (TPSA) is 55.4 Å². The Morgan fingerprint density at radius 3 is 2.65 bits per heavy atom. The molecule has 0 aliphatic heterocycles. The van der Waals surface area contributed by atoms with Crippen molar-refractivity contribution < 1.29 is 18.7 Å². The molecule has 1 amide bonds. The Balaban J connectivity index is 1.84. The highest BCUT2D eigenvalue weighted by molar-refractivity contribution is 9.10. The first-order valence-electron chi connectivity index (χ1n) is 6.59. The van der Waals surface area contributed by atoms with Crippen LogP contribution in [0.1, 0.15) is 5.56 Å². The minimum absolute atomic E-state index is 0.0142. The number of benzene rings is 2. The van der Waals surface area contributed by atoms with Gasteiger partial charge in [-0.15, -0.1) is 0 Å². The van der Waals surface area contributed by atoms with Crippen LogP contribution in [0.25, 0.3) is 0 Å². The monoisotopic (exact) mass is 399 g/mol. The van der Waals surface area contributed by atoms with Crippen molar-refractivity contribution in [1.29, 1.82) is 0 Å². The number of anilines is 1. The summed E-state index contributed by atoms with van der Waals surface area (Å²) in [5.74, 6) is -1.81. The molecule has 0 fully saturated rings. The molecule has 0 heterocycles. The molecule has 0 unspecified atom stereocenters. The number of hydrogen-bond acceptors (Lipinski definition) is 3. The molecule has 0 aliphatic rings. The average molecular weight is 401 g/mol. The van der Waals surface area contributed by atoms with Crippen molar-refractivity contribution in [2.75, 3.05) is 11.9 Å². The molecule has 2 aromatic rings. The van der Waals surface area contributed by atoms with E-state index < -0.39 is 24.3 Å². The molecule has 120 valence electrons. The molecule has 0 bridgehead atoms. The quantitative estimate of drug-likeness (QED) is 0.773. The lowest BCUT2D eigenvalue weighted by molar-refractivity contribution is -0.146. The van der Waals surface area contributed by atoms with Gasteiger partial charge in [0.15, 0.2) is 6.61 Å². The predicted molar refractivity (Wildman–Crippen MR) is 88.8 cm³/mol. The van der Waals surface area contributed by atoms with E-state index in [0.29, 0.717) is 15.1 Å². The lowest BCUT2D eigenvalue weighted by Crippen LogP contribution is -2.22. The first-order chi connectivity index (χ1) is 11.0. The van der Waals surface area contributed by atoms with Crippen LogP contribution in [-0.2, 0) is 20.7 Å². The van der Waals surface area contributed by atoms with Crippen LogP contribution in [0.5, 0.6) is 0 Å². The van der Waals surface area contributed by atoms with Crippen molar-refractivity contribution in [2.45, 2.75) is 6.42 Å². The number of carbonyl (C=O) groups excluding carboxylic acids is 2. The smallest absolute Gasteiger partial charge is 0.310 e. The fourth-order valence-corrected chi connectivity index (χ4v) is 2.31. The first-order valence-corrected chi connectivity index (χ1v) is 7.77. The van der Waals surface area contributed by atoms with E-state index in [1.54, 1.807) is 30.3 Å². The van der Waals surface area contributed by atoms with Gasteiger partial charge in [0.1, 0.15) is 5.82 Å². The summed E-state index contributed by atoms with van der Waals surface area (Å²) in [6, 6.07) is 11.1. The van der Waals surface area contributed by atoms with Crippen LogP contribution >= 0.6 is 27.5 Å². The Hall–Kier alpha value is -1.92. The Labute approximate surface area is 145 Å². The maximum atomic E-state index is 13.6. The normalized spacial score (nSPS) is 10.2. The number of rotatable bonds is 5. The van der Waals surface area contributed by atoms with E-state index in [1.807, 2.05) is 0 Å². The van der Waals surface area contributed by atoms with Crippen LogP contribution in [0.4, 0.5) is 10.1 Å². The maximum absolute atomic E-state index is 13.6. The van der Waals surface area contributed by atoms with Crippen LogP contribution in [0.2, 0.25) is 5.02 Å². The molecule has 2 aromatic carbocycles. The number of nitrogens with one attached hydrogen (secondary N) is 1. The zero-order valence-corrected chi connectivity index (χ0v) is 14.2. The van der Waals surface area contributed by atoms with Crippen LogP contribution in [0, 0.1) is 5.82 Å². The fraction of sp³-hybridized carbons (Fsp3) is 0.125. The Kier molecular flexibility index (Phi) is 6.12. The Bertz CT molecular complexity index is 739. The van der Waals surface area contributed by atoms with E-state index in [2.05, 4.69) is 21.2 Å². The second kappa shape index (κ2) is 8.08. The van der Waals surface area contributed by atoms with E-state index >= 15 is 0 Å². The van der Waals surface area contributed by atoms with Crippen molar-refractivity contribution in [3.63, 3.8) is 0 Å². The molecule has 0 saturated heterocycles. The number of hydrogen-bond donors (Lipinski definition) is 1. The summed E-state index contributed by atoms with van der Waals surface area (Å²) in [6.07, 6.45) is -0.0421. The summed E-state index contributed by atoms with van der Waals surface area (Å²) in [6.45, 7) is -0.501. The summed E-state index contributed by atoms with van der Waals surface area (Å²) in [4.78, 5) is 23.4. The zero-order chi connectivity index (χ0) is 16.8. The summed E-state index contributed by atoms with van der Waals surface area (Å²) in [5, 5.41) is 2.78. The van der Waals surface area contributed by atoms with Crippen LogP contribution in [0.15, 0.2) is 46.9 Å². The van der Waals surface area contributed by atoms with E-state index in [-0.39, 0.29) is 12.1 Å². The zero-order valence-electron chi connectivity index (χ0n) is 11.8. The molecule has 7 heteroatoms. The lowest BCUT2D eigenvalue weighted by Gasteiger charge is -2.08. The van der Waals surface area contributed by atoms with Gasteiger partial charge in [0, 0.05) is 9.50 Å². The minimum Gasteiger partial charge on any atom is -0.455 e. The van der Waals surface area contributed by atoms with Crippen molar-refractivity contribution in [3.8, 4) is 0 Å². The van der Waals surface area contributed by atoms with Crippen molar-refractivity contribution >= 4 is 45.1 Å². The number of esters is 1. The first kappa shape index (κ1) is 17.4. The van der Waals surface area contributed by atoms with Gasteiger partial charge in [-0.2, -0.15) is 0 Å². The molecule has 4 nitrogen and oxygen atoms in total. The van der Waals surface area contributed by atoms with Crippen LogP contribution < -0.4 is 5.32 Å². The second-order valence-electron chi connectivity index (χ2n) is 4.60. The van der Waals surface area contributed by atoms with E-state index in [0.717, 1.165) is 0 Å². The van der Waals surface area contributed by atoms with Gasteiger partial charge in [-0.25, -0.2) is 4.39 Å². The van der Waals surface area contributed by atoms with Crippen LogP contribution in [0.3, 0.4) is 0 Å². The van der Waals surface area contributed by atoms with Crippen molar-refractivity contribution in [3.05, 3.63) is 63.3 Å². The summed E-state index contributed by atoms with van der Waals surface area (Å²) in [5.41, 5.74) is 0.624. The predicted octanol–water partition coefficient (Wildman–Crippen LogP) is 3.97. The Morgan fingerprint density at radius 1 is 1.22 bits per heavy atom. The maximum Gasteiger partial charge on any atom is 0.310 e. The van der Waals surface area contributed by atoms with Crippen LogP contribution in [-0.4, -0.2) is 18.5 Å². The summed E-state index contributed by atoms with van der Waals surface area (Å²) >= 11 is 9.05. The van der Waals surface area contributed by atoms with Gasteiger partial charge in [0.05, 0.1) is 12.1 Å². The summed E-state index contributed by atoms with van der Waals surface area (Å²) in [7, 11) is 0. The van der Waals surface area contributed by atoms with Gasteiger partial charge in [-0.05, 0) is 29.8 Å². The molecule has 0 saturated carbocycles. The van der Waals surface area contributed by atoms with Crippen molar-refractivity contribution in [1.82, 2.24) is 0 Å². The molecule has 2 rings (SSSR count). The lowest BCUT2D eigenvalue weighted by atomic mass is 10.1. The highest BCUT2D eigenvalue weighted by Crippen LogP contribution is 2.19. The third-order valence-electron chi connectivity index (χ3n) is 2.86. The molecule has 0 aliphatic carbocycles. The number of carbonyl (C=O) groups is 2. The molecule has 0 radical (unpaired) electrons. The average Bonchev–Trinajstić information content (AvgIpc) is 2.50. The molecule has 1 N–H and O–H groups in total. The van der Waals surface area contributed by atoms with Gasteiger partial charge in [-0.3, -0.25) is 9.59 Å². The largest absolute Gasteiger partial charge is 0.455 e. The van der Waals surface area contributed by atoms with Crippen molar-refractivity contribution in [2.24, 2.45) is 0 Å². The summed E-state index contributed by atoms with van der Waals surface area (Å²) < 4.78 is 19.0. The minimum atomic E-state index is -0.626. The van der Waals surface area contributed by atoms with Gasteiger partial charge < -0.3 is 10.1 Å². The number of halogens is 3. The van der Waals surface area contributed by atoms with Gasteiger partial charge >= 0.3 is 5.97 Å². The molecule has 0 spiro atoms. The SMILES string of the molecule is O=C(COC(=O)Cc1ccccc1Cl)Nc1ccc(Br)cc1F. The molecule has 0 aromatic heterocycles. The number of ether oxygens (including phenoxy) is 1. The van der Waals surface area contributed by atoms with E-state index in [1.165, 1.54) is 12.1 Å². The fourth-order valence-electron chi connectivity index (χ4n) is 1.77. The van der Waals surface area contributed by atoms with Gasteiger partial charge in [0.2, 0.25) is 0 Å². The highest BCUT2D eigenvalue weighted by Gasteiger charge is 2.12.